The Kier molecular flexibility index (Phi) is 6.05. The molecule has 0 fully saturated rings. The van der Waals surface area contributed by atoms with Crippen LogP contribution in [0.4, 0.5) is 5.82 Å². The quantitative estimate of drug-likeness (QED) is 0.717. The molecule has 0 radical (unpaired) electrons. The highest BCUT2D eigenvalue weighted by atomic mass is 15.2. The van der Waals surface area contributed by atoms with E-state index in [-0.39, 0.29) is 0 Å². The number of imidazole rings is 1. The molecule has 0 spiro atoms. The first kappa shape index (κ1) is 15.8. The molecule has 0 saturated heterocycles. The summed E-state index contributed by atoms with van der Waals surface area (Å²) >= 11 is 0. The van der Waals surface area contributed by atoms with Gasteiger partial charge in [-0.05, 0) is 38.4 Å². The Morgan fingerprint density at radius 2 is 2.05 bits per heavy atom. The zero-order valence-electron chi connectivity index (χ0n) is 13.6. The van der Waals surface area contributed by atoms with Crippen molar-refractivity contribution in [1.29, 1.82) is 0 Å². The molecule has 2 aromatic rings. The van der Waals surface area contributed by atoms with Crippen LogP contribution in [-0.4, -0.2) is 29.0 Å². The molecule has 0 amide bonds. The SMILES string of the molecule is CCCCN(CC)c1nc2ccccn2c1CNCCC. The molecular weight excluding hydrogens is 260 g/mol. The number of nitrogens with zero attached hydrogens (tertiary/aromatic N) is 3. The Hall–Kier alpha value is -1.55. The van der Waals surface area contributed by atoms with Crippen LogP contribution in [0.1, 0.15) is 45.7 Å². The molecule has 0 saturated carbocycles. The number of nitrogens with one attached hydrogen (secondary N) is 1. The first-order valence-electron chi connectivity index (χ1n) is 8.23. The van der Waals surface area contributed by atoms with Crippen LogP contribution in [-0.2, 0) is 6.54 Å². The molecule has 0 bridgehead atoms. The Bertz CT molecular complexity index is 547. The number of hydrogen-bond acceptors (Lipinski definition) is 3. The van der Waals surface area contributed by atoms with Crippen molar-refractivity contribution < 1.29 is 0 Å². The first-order valence-corrected chi connectivity index (χ1v) is 8.23. The van der Waals surface area contributed by atoms with Gasteiger partial charge in [-0.15, -0.1) is 0 Å². The smallest absolute Gasteiger partial charge is 0.152 e. The van der Waals surface area contributed by atoms with Crippen molar-refractivity contribution in [1.82, 2.24) is 14.7 Å². The van der Waals surface area contributed by atoms with E-state index in [2.05, 4.69) is 59.8 Å². The standard InChI is InChI=1S/C17H28N4/c1-4-7-12-20(6-3)17-15(14-18-11-5-2)21-13-9-8-10-16(21)19-17/h8-10,13,18H,4-7,11-12,14H2,1-3H3. The number of fused-ring (bicyclic) bond motifs is 1. The zero-order valence-corrected chi connectivity index (χ0v) is 13.6. The zero-order chi connectivity index (χ0) is 15.1. The van der Waals surface area contributed by atoms with Gasteiger partial charge in [-0.2, -0.15) is 0 Å². The average Bonchev–Trinajstić information content (AvgIpc) is 2.87. The second kappa shape index (κ2) is 8.03. The first-order chi connectivity index (χ1) is 10.3. The molecule has 1 N–H and O–H groups in total. The van der Waals surface area contributed by atoms with Crippen molar-refractivity contribution >= 4 is 11.5 Å². The fourth-order valence-corrected chi connectivity index (χ4v) is 2.60. The average molecular weight is 288 g/mol. The summed E-state index contributed by atoms with van der Waals surface area (Å²) in [7, 11) is 0. The van der Waals surface area contributed by atoms with Gasteiger partial charge in [0.1, 0.15) is 5.65 Å². The fraction of sp³-hybridized carbons (Fsp3) is 0.588. The minimum absolute atomic E-state index is 0.872. The maximum atomic E-state index is 4.86. The lowest BCUT2D eigenvalue weighted by atomic mass is 10.3. The Balaban J connectivity index is 2.32. The molecule has 0 atom stereocenters. The topological polar surface area (TPSA) is 32.6 Å². The summed E-state index contributed by atoms with van der Waals surface area (Å²) in [6.07, 6.45) is 5.69. The van der Waals surface area contributed by atoms with Gasteiger partial charge in [-0.1, -0.05) is 26.3 Å². The predicted molar refractivity (Wildman–Crippen MR) is 90.0 cm³/mol. The van der Waals surface area contributed by atoms with Crippen molar-refractivity contribution in [2.75, 3.05) is 24.5 Å². The normalized spacial score (nSPS) is 11.2. The summed E-state index contributed by atoms with van der Waals surface area (Å²) in [6, 6.07) is 6.21. The fourth-order valence-electron chi connectivity index (χ4n) is 2.60. The molecule has 4 nitrogen and oxygen atoms in total. The molecule has 2 heterocycles. The second-order valence-corrected chi connectivity index (χ2v) is 5.42. The van der Waals surface area contributed by atoms with Gasteiger partial charge in [0.05, 0.1) is 5.69 Å². The van der Waals surface area contributed by atoms with Crippen LogP contribution < -0.4 is 10.2 Å². The Labute approximate surface area is 128 Å². The summed E-state index contributed by atoms with van der Waals surface area (Å²) < 4.78 is 2.21. The molecule has 0 aliphatic rings. The summed E-state index contributed by atoms with van der Waals surface area (Å²) in [5.74, 6) is 1.14. The van der Waals surface area contributed by atoms with Crippen molar-refractivity contribution in [3.05, 3.63) is 30.1 Å². The van der Waals surface area contributed by atoms with Gasteiger partial charge in [0.25, 0.3) is 0 Å². The number of aromatic nitrogens is 2. The molecule has 4 heteroatoms. The second-order valence-electron chi connectivity index (χ2n) is 5.42. The summed E-state index contributed by atoms with van der Waals surface area (Å²) in [6.45, 7) is 10.6. The summed E-state index contributed by atoms with van der Waals surface area (Å²) in [5.41, 5.74) is 2.31. The van der Waals surface area contributed by atoms with Crippen LogP contribution in [0.3, 0.4) is 0 Å². The maximum Gasteiger partial charge on any atom is 0.152 e. The molecule has 21 heavy (non-hydrogen) atoms. The van der Waals surface area contributed by atoms with Crippen LogP contribution >= 0.6 is 0 Å². The molecule has 116 valence electrons. The van der Waals surface area contributed by atoms with E-state index < -0.39 is 0 Å². The van der Waals surface area contributed by atoms with Crippen molar-refractivity contribution in [3.8, 4) is 0 Å². The van der Waals surface area contributed by atoms with Gasteiger partial charge in [-0.25, -0.2) is 4.98 Å². The highest BCUT2D eigenvalue weighted by molar-refractivity contribution is 5.56. The largest absolute Gasteiger partial charge is 0.355 e. The minimum Gasteiger partial charge on any atom is -0.355 e. The molecular formula is C17H28N4. The van der Waals surface area contributed by atoms with E-state index in [4.69, 9.17) is 4.98 Å². The lowest BCUT2D eigenvalue weighted by Crippen LogP contribution is -2.26. The van der Waals surface area contributed by atoms with Crippen LogP contribution in [0.15, 0.2) is 24.4 Å². The summed E-state index contributed by atoms with van der Waals surface area (Å²) in [5, 5.41) is 3.52. The Morgan fingerprint density at radius 1 is 1.19 bits per heavy atom. The molecule has 0 unspecified atom stereocenters. The predicted octanol–water partition coefficient (Wildman–Crippen LogP) is 3.46. The van der Waals surface area contributed by atoms with Gasteiger partial charge >= 0.3 is 0 Å². The number of rotatable bonds is 9. The van der Waals surface area contributed by atoms with Gasteiger partial charge in [-0.3, -0.25) is 0 Å². The van der Waals surface area contributed by atoms with Gasteiger partial charge in [0, 0.05) is 25.8 Å². The van der Waals surface area contributed by atoms with Gasteiger partial charge in [0.2, 0.25) is 0 Å². The van der Waals surface area contributed by atoms with E-state index in [9.17, 15) is 0 Å². The van der Waals surface area contributed by atoms with Crippen molar-refractivity contribution in [2.24, 2.45) is 0 Å². The maximum absolute atomic E-state index is 4.86. The highest BCUT2D eigenvalue weighted by Crippen LogP contribution is 2.22. The van der Waals surface area contributed by atoms with E-state index in [0.717, 1.165) is 44.1 Å². The van der Waals surface area contributed by atoms with Crippen LogP contribution in [0, 0.1) is 0 Å². The molecule has 2 aromatic heterocycles. The van der Waals surface area contributed by atoms with Crippen molar-refractivity contribution in [3.63, 3.8) is 0 Å². The van der Waals surface area contributed by atoms with E-state index in [1.54, 1.807) is 0 Å². The van der Waals surface area contributed by atoms with Crippen LogP contribution in [0.25, 0.3) is 5.65 Å². The molecule has 0 aromatic carbocycles. The van der Waals surface area contributed by atoms with E-state index >= 15 is 0 Å². The van der Waals surface area contributed by atoms with E-state index in [0.29, 0.717) is 0 Å². The number of unbranched alkanes of at least 4 members (excludes halogenated alkanes) is 1. The lowest BCUT2D eigenvalue weighted by molar-refractivity contribution is 0.654. The molecule has 0 aliphatic heterocycles. The lowest BCUT2D eigenvalue weighted by Gasteiger charge is -2.22. The Morgan fingerprint density at radius 3 is 2.76 bits per heavy atom. The molecule has 2 rings (SSSR count). The van der Waals surface area contributed by atoms with Gasteiger partial charge in [0.15, 0.2) is 5.82 Å². The van der Waals surface area contributed by atoms with Crippen molar-refractivity contribution in [2.45, 2.75) is 46.6 Å². The van der Waals surface area contributed by atoms with Gasteiger partial charge < -0.3 is 14.6 Å². The minimum atomic E-state index is 0.872. The third-order valence-electron chi connectivity index (χ3n) is 3.79. The molecule has 0 aliphatic carbocycles. The monoisotopic (exact) mass is 288 g/mol. The number of hydrogen-bond donors (Lipinski definition) is 1. The van der Waals surface area contributed by atoms with Crippen LogP contribution in [0.2, 0.25) is 0 Å². The third-order valence-corrected chi connectivity index (χ3v) is 3.79. The summed E-state index contributed by atoms with van der Waals surface area (Å²) in [4.78, 5) is 7.27. The van der Waals surface area contributed by atoms with E-state index in [1.165, 1.54) is 18.5 Å². The third kappa shape index (κ3) is 3.76. The number of anilines is 1. The van der Waals surface area contributed by atoms with Crippen LogP contribution in [0.5, 0.6) is 0 Å². The highest BCUT2D eigenvalue weighted by Gasteiger charge is 2.16. The number of pyridine rings is 1. The van der Waals surface area contributed by atoms with E-state index in [1.807, 2.05) is 0 Å².